The first-order valence-corrected chi connectivity index (χ1v) is 7.85. The number of hydrogen-bond acceptors (Lipinski definition) is 5. The van der Waals surface area contributed by atoms with Crippen LogP contribution in [0.5, 0.6) is 0 Å². The number of amides is 1. The average molecular weight is 312 g/mol. The Kier molecular flexibility index (Phi) is 4.92. The van der Waals surface area contributed by atoms with Gasteiger partial charge in [-0.25, -0.2) is 9.97 Å². The van der Waals surface area contributed by atoms with Crippen LogP contribution in [-0.4, -0.2) is 27.5 Å². The summed E-state index contributed by atoms with van der Waals surface area (Å²) in [5.74, 6) is 0.569. The minimum Gasteiger partial charge on any atom is -0.370 e. The molecular weight excluding hydrogens is 292 g/mol. The quantitative estimate of drug-likeness (QED) is 0.937. The van der Waals surface area contributed by atoms with Gasteiger partial charge in [0.05, 0.1) is 5.56 Å². The van der Waals surface area contributed by atoms with E-state index in [1.54, 1.807) is 24.7 Å². The Balaban J connectivity index is 1.55. The van der Waals surface area contributed by atoms with Gasteiger partial charge in [0.15, 0.2) is 5.82 Å². The van der Waals surface area contributed by atoms with Crippen molar-refractivity contribution >= 4 is 5.91 Å². The van der Waals surface area contributed by atoms with Crippen molar-refractivity contribution in [2.45, 2.75) is 38.8 Å². The van der Waals surface area contributed by atoms with E-state index in [0.29, 0.717) is 12.1 Å². The second-order valence-corrected chi connectivity index (χ2v) is 5.68. The fraction of sp³-hybridized carbons (Fsp3) is 0.412. The van der Waals surface area contributed by atoms with Crippen LogP contribution >= 0.6 is 0 Å². The Hall–Kier alpha value is -2.34. The van der Waals surface area contributed by atoms with Gasteiger partial charge in [-0.1, -0.05) is 0 Å². The van der Waals surface area contributed by atoms with Crippen molar-refractivity contribution in [1.29, 1.82) is 0 Å². The topological polar surface area (TPSA) is 77.0 Å². The second kappa shape index (κ2) is 7.28. The van der Waals surface area contributed by atoms with E-state index in [9.17, 15) is 4.79 Å². The number of nitrogens with zero attached hydrogens (tertiary/aromatic N) is 3. The lowest BCUT2D eigenvalue weighted by molar-refractivity contribution is 0.00940. The molecule has 2 aromatic rings. The Morgan fingerprint density at radius 2 is 2.04 bits per heavy atom. The van der Waals surface area contributed by atoms with Crippen molar-refractivity contribution in [1.82, 2.24) is 20.3 Å². The van der Waals surface area contributed by atoms with Crippen molar-refractivity contribution in [3.63, 3.8) is 0 Å². The lowest BCUT2D eigenvalue weighted by Crippen LogP contribution is -2.23. The summed E-state index contributed by atoms with van der Waals surface area (Å²) in [6.07, 6.45) is 8.29. The molecule has 120 valence electrons. The van der Waals surface area contributed by atoms with Gasteiger partial charge in [0.25, 0.3) is 5.91 Å². The van der Waals surface area contributed by atoms with Gasteiger partial charge < -0.3 is 10.1 Å². The van der Waals surface area contributed by atoms with Gasteiger partial charge in [-0.05, 0) is 38.3 Å². The summed E-state index contributed by atoms with van der Waals surface area (Å²) < 4.78 is 5.67. The summed E-state index contributed by atoms with van der Waals surface area (Å²) in [4.78, 5) is 24.9. The van der Waals surface area contributed by atoms with Crippen LogP contribution in [0, 0.1) is 6.92 Å². The molecule has 1 fully saturated rings. The highest BCUT2D eigenvalue weighted by atomic mass is 16.5. The molecule has 1 aliphatic rings. The summed E-state index contributed by atoms with van der Waals surface area (Å²) in [7, 11) is 0. The monoisotopic (exact) mass is 312 g/mol. The van der Waals surface area contributed by atoms with Crippen molar-refractivity contribution in [2.75, 3.05) is 6.61 Å². The van der Waals surface area contributed by atoms with E-state index in [0.717, 1.165) is 43.0 Å². The molecule has 0 radical (unpaired) electrons. The zero-order chi connectivity index (χ0) is 16.1. The molecule has 1 aliphatic heterocycles. The summed E-state index contributed by atoms with van der Waals surface area (Å²) in [5, 5.41) is 2.84. The molecule has 0 aromatic carbocycles. The number of rotatable bonds is 4. The first kappa shape index (κ1) is 15.6. The predicted octanol–water partition coefficient (Wildman–Crippen LogP) is 2.35. The molecule has 1 unspecified atom stereocenters. The number of aryl methyl sites for hydroxylation is 1. The molecule has 1 N–H and O–H groups in total. The van der Waals surface area contributed by atoms with Crippen LogP contribution in [0.25, 0.3) is 0 Å². The Morgan fingerprint density at radius 1 is 1.22 bits per heavy atom. The summed E-state index contributed by atoms with van der Waals surface area (Å²) in [6, 6.07) is 3.58. The van der Waals surface area contributed by atoms with Crippen LogP contribution in [0.4, 0.5) is 0 Å². The number of pyridine rings is 1. The highest BCUT2D eigenvalue weighted by Gasteiger charge is 2.18. The number of ether oxygens (including phenoxy) is 1. The molecule has 3 heterocycles. The van der Waals surface area contributed by atoms with Gasteiger partial charge in [0.2, 0.25) is 0 Å². The summed E-state index contributed by atoms with van der Waals surface area (Å²) >= 11 is 0. The maximum absolute atomic E-state index is 12.0. The number of carbonyl (C=O) groups is 1. The maximum atomic E-state index is 12.0. The molecule has 0 spiro atoms. The smallest absolute Gasteiger partial charge is 0.253 e. The van der Waals surface area contributed by atoms with Crippen LogP contribution in [-0.2, 0) is 11.3 Å². The third kappa shape index (κ3) is 4.10. The van der Waals surface area contributed by atoms with Gasteiger partial charge in [0, 0.05) is 43.0 Å². The molecule has 1 saturated heterocycles. The third-order valence-electron chi connectivity index (χ3n) is 3.82. The number of nitrogens with one attached hydrogen (secondary N) is 1. The van der Waals surface area contributed by atoms with E-state index in [4.69, 9.17) is 4.74 Å². The zero-order valence-electron chi connectivity index (χ0n) is 13.2. The minimum atomic E-state index is -0.155. The average Bonchev–Trinajstić information content (AvgIpc) is 2.61. The summed E-state index contributed by atoms with van der Waals surface area (Å²) in [5.41, 5.74) is 2.29. The van der Waals surface area contributed by atoms with Crippen molar-refractivity contribution in [3.8, 4) is 0 Å². The van der Waals surface area contributed by atoms with Crippen LogP contribution in [0.1, 0.15) is 52.8 Å². The van der Waals surface area contributed by atoms with Gasteiger partial charge in [-0.15, -0.1) is 0 Å². The fourth-order valence-corrected chi connectivity index (χ4v) is 2.45. The Bertz CT molecular complexity index is 649. The van der Waals surface area contributed by atoms with Crippen molar-refractivity contribution < 1.29 is 9.53 Å². The summed E-state index contributed by atoms with van der Waals surface area (Å²) in [6.45, 7) is 3.05. The molecule has 3 rings (SSSR count). The first-order valence-electron chi connectivity index (χ1n) is 7.85. The molecule has 1 amide bonds. The Morgan fingerprint density at radius 3 is 2.70 bits per heavy atom. The molecule has 23 heavy (non-hydrogen) atoms. The van der Waals surface area contributed by atoms with Crippen LogP contribution in [0.3, 0.4) is 0 Å². The molecule has 0 bridgehead atoms. The van der Waals surface area contributed by atoms with Gasteiger partial charge in [-0.3, -0.25) is 9.78 Å². The molecule has 6 heteroatoms. The standard InChI is InChI=1S/C17H20N4O2/c1-12-5-6-14(11-18-12)17(22)21-10-13-8-19-16(20-9-13)15-4-2-3-7-23-15/h5-6,8-9,11,15H,2-4,7,10H2,1H3,(H,21,22). The van der Waals surface area contributed by atoms with Crippen LogP contribution in [0.2, 0.25) is 0 Å². The number of hydrogen-bond donors (Lipinski definition) is 1. The first-order chi connectivity index (χ1) is 11.2. The van der Waals surface area contributed by atoms with E-state index in [1.807, 2.05) is 13.0 Å². The van der Waals surface area contributed by atoms with E-state index < -0.39 is 0 Å². The minimum absolute atomic E-state index is 0.00558. The number of carbonyl (C=O) groups excluding carboxylic acids is 1. The second-order valence-electron chi connectivity index (χ2n) is 5.68. The van der Waals surface area contributed by atoms with Gasteiger partial charge in [-0.2, -0.15) is 0 Å². The highest BCUT2D eigenvalue weighted by molar-refractivity contribution is 5.93. The van der Waals surface area contributed by atoms with E-state index in [2.05, 4.69) is 20.3 Å². The largest absolute Gasteiger partial charge is 0.370 e. The predicted molar refractivity (Wildman–Crippen MR) is 84.7 cm³/mol. The van der Waals surface area contributed by atoms with E-state index >= 15 is 0 Å². The van der Waals surface area contributed by atoms with Crippen molar-refractivity contribution in [2.24, 2.45) is 0 Å². The lowest BCUT2D eigenvalue weighted by Gasteiger charge is -2.21. The van der Waals surface area contributed by atoms with E-state index in [-0.39, 0.29) is 12.0 Å². The fourth-order valence-electron chi connectivity index (χ4n) is 2.45. The van der Waals surface area contributed by atoms with Crippen molar-refractivity contribution in [3.05, 3.63) is 53.4 Å². The highest BCUT2D eigenvalue weighted by Crippen LogP contribution is 2.24. The maximum Gasteiger partial charge on any atom is 0.253 e. The molecule has 0 saturated carbocycles. The zero-order valence-corrected chi connectivity index (χ0v) is 13.2. The van der Waals surface area contributed by atoms with Gasteiger partial charge in [0.1, 0.15) is 6.10 Å². The molecule has 0 aliphatic carbocycles. The SMILES string of the molecule is Cc1ccc(C(=O)NCc2cnc(C3CCCCO3)nc2)cn1. The van der Waals surface area contributed by atoms with Crippen LogP contribution < -0.4 is 5.32 Å². The molecule has 2 aromatic heterocycles. The molecular formula is C17H20N4O2. The lowest BCUT2D eigenvalue weighted by atomic mass is 10.1. The number of aromatic nitrogens is 3. The third-order valence-corrected chi connectivity index (χ3v) is 3.82. The molecule has 6 nitrogen and oxygen atoms in total. The van der Waals surface area contributed by atoms with Gasteiger partial charge >= 0.3 is 0 Å². The Labute approximate surface area is 135 Å². The van der Waals surface area contributed by atoms with Crippen LogP contribution in [0.15, 0.2) is 30.7 Å². The van der Waals surface area contributed by atoms with E-state index in [1.165, 1.54) is 0 Å². The normalized spacial score (nSPS) is 17.7. The molecule has 1 atom stereocenters.